The summed E-state index contributed by atoms with van der Waals surface area (Å²) in [5.74, 6) is 0.717. The molecule has 2 aromatic rings. The van der Waals surface area contributed by atoms with Crippen molar-refractivity contribution in [1.29, 1.82) is 0 Å². The van der Waals surface area contributed by atoms with E-state index in [-0.39, 0.29) is 22.8 Å². The molecule has 1 heterocycles. The van der Waals surface area contributed by atoms with Crippen LogP contribution in [0.25, 0.3) is 0 Å². The second-order valence-corrected chi connectivity index (χ2v) is 9.94. The lowest BCUT2D eigenvalue weighted by Gasteiger charge is -2.38. The number of rotatable bonds is 6. The van der Waals surface area contributed by atoms with E-state index in [2.05, 4.69) is 19.1 Å². The Morgan fingerprint density at radius 1 is 1.19 bits per heavy atom. The van der Waals surface area contributed by atoms with Crippen molar-refractivity contribution in [3.05, 3.63) is 53.8 Å². The molecule has 2 aromatic carbocycles. The minimum absolute atomic E-state index is 0.00993. The molecule has 0 aromatic heterocycles. The van der Waals surface area contributed by atoms with E-state index < -0.39 is 0 Å². The van der Waals surface area contributed by atoms with Gasteiger partial charge in [0.2, 0.25) is 0 Å². The molecular weight excluding hydrogens is 379 g/mol. The molecule has 0 N–H and O–H groups in total. The van der Waals surface area contributed by atoms with Gasteiger partial charge in [-0.3, -0.25) is 0 Å². The van der Waals surface area contributed by atoms with Crippen LogP contribution in [0.15, 0.2) is 52.3 Å². The number of halogens is 1. The van der Waals surface area contributed by atoms with E-state index in [0.29, 0.717) is 12.2 Å². The maximum absolute atomic E-state index is 14.6. The number of hydrogen-bond acceptors (Lipinski definition) is 4. The molecule has 0 aliphatic carbocycles. The van der Waals surface area contributed by atoms with Gasteiger partial charge in [-0.2, -0.15) is 0 Å². The third-order valence-electron chi connectivity index (χ3n) is 4.66. The van der Waals surface area contributed by atoms with Gasteiger partial charge in [0.25, 0.3) is 0 Å². The van der Waals surface area contributed by atoms with Gasteiger partial charge in [-0.15, -0.1) is 23.5 Å². The van der Waals surface area contributed by atoms with Crippen molar-refractivity contribution in [3.63, 3.8) is 0 Å². The van der Waals surface area contributed by atoms with E-state index in [1.165, 1.54) is 4.90 Å². The van der Waals surface area contributed by atoms with Crippen LogP contribution in [0.5, 0.6) is 5.75 Å². The van der Waals surface area contributed by atoms with Gasteiger partial charge in [-0.1, -0.05) is 12.1 Å². The zero-order chi connectivity index (χ0) is 19.4. The highest BCUT2D eigenvalue weighted by Crippen LogP contribution is 2.46. The van der Waals surface area contributed by atoms with Crippen LogP contribution in [0.1, 0.15) is 45.3 Å². The van der Waals surface area contributed by atoms with Crippen molar-refractivity contribution in [3.8, 4) is 5.75 Å². The molecule has 5 heteroatoms. The molecule has 0 spiro atoms. The molecule has 2 unspecified atom stereocenters. The Labute approximate surface area is 170 Å². The quantitative estimate of drug-likeness (QED) is 0.494. The summed E-state index contributed by atoms with van der Waals surface area (Å²) in [6.45, 7) is 6.94. The van der Waals surface area contributed by atoms with Crippen LogP contribution in [0, 0.1) is 5.82 Å². The molecule has 3 rings (SSSR count). The van der Waals surface area contributed by atoms with E-state index in [4.69, 9.17) is 9.47 Å². The van der Waals surface area contributed by atoms with Gasteiger partial charge in [0, 0.05) is 26.7 Å². The first-order valence-electron chi connectivity index (χ1n) is 9.29. The second kappa shape index (κ2) is 8.89. The van der Waals surface area contributed by atoms with Crippen molar-refractivity contribution >= 4 is 23.5 Å². The van der Waals surface area contributed by atoms with Crippen LogP contribution < -0.4 is 4.74 Å². The van der Waals surface area contributed by atoms with Crippen LogP contribution in [-0.4, -0.2) is 23.7 Å². The number of benzene rings is 2. The summed E-state index contributed by atoms with van der Waals surface area (Å²) in [7, 11) is 0. The summed E-state index contributed by atoms with van der Waals surface area (Å²) in [6, 6.07) is 13.7. The molecule has 0 amide bonds. The molecule has 0 bridgehead atoms. The number of hydrogen-bond donors (Lipinski definition) is 0. The first-order valence-corrected chi connectivity index (χ1v) is 11.3. The summed E-state index contributed by atoms with van der Waals surface area (Å²) in [5, 5.41) is 0. The van der Waals surface area contributed by atoms with E-state index in [1.54, 1.807) is 17.8 Å². The van der Waals surface area contributed by atoms with Crippen molar-refractivity contribution in [2.45, 2.75) is 60.4 Å². The monoisotopic (exact) mass is 406 g/mol. The van der Waals surface area contributed by atoms with Crippen molar-refractivity contribution in [2.75, 3.05) is 12.9 Å². The highest BCUT2D eigenvalue weighted by Gasteiger charge is 2.35. The van der Waals surface area contributed by atoms with Gasteiger partial charge in [0.05, 0.1) is 12.2 Å². The third-order valence-corrected chi connectivity index (χ3v) is 6.74. The lowest BCUT2D eigenvalue weighted by Crippen LogP contribution is -2.32. The number of thioether (sulfide) groups is 2. The van der Waals surface area contributed by atoms with Gasteiger partial charge in [-0.05, 0) is 70.2 Å². The van der Waals surface area contributed by atoms with Crippen molar-refractivity contribution in [2.24, 2.45) is 0 Å². The highest BCUT2D eigenvalue weighted by molar-refractivity contribution is 8.00. The van der Waals surface area contributed by atoms with Gasteiger partial charge < -0.3 is 9.47 Å². The van der Waals surface area contributed by atoms with Crippen LogP contribution >= 0.6 is 23.5 Å². The molecule has 1 aliphatic heterocycles. The molecule has 1 fully saturated rings. The van der Waals surface area contributed by atoms with E-state index in [1.807, 2.05) is 56.1 Å². The smallest absolute Gasteiger partial charge is 0.130 e. The average Bonchev–Trinajstić information content (AvgIpc) is 2.61. The summed E-state index contributed by atoms with van der Waals surface area (Å²) in [4.78, 5) is 2.11. The van der Waals surface area contributed by atoms with E-state index in [0.717, 1.165) is 23.5 Å². The highest BCUT2D eigenvalue weighted by atomic mass is 32.2. The molecule has 27 heavy (non-hydrogen) atoms. The van der Waals surface area contributed by atoms with Crippen molar-refractivity contribution in [1.82, 2.24) is 0 Å². The SMILES string of the molecule is CSc1ccc(C2CC(C)(Sc3cccc(OC(C)C)c3)CCO2)c(F)c1. The zero-order valence-electron chi connectivity index (χ0n) is 16.3. The maximum Gasteiger partial charge on any atom is 0.130 e. The van der Waals surface area contributed by atoms with Crippen molar-refractivity contribution < 1.29 is 13.9 Å². The molecular formula is C22H27FO2S2. The minimum atomic E-state index is -0.206. The second-order valence-electron chi connectivity index (χ2n) is 7.39. The largest absolute Gasteiger partial charge is 0.491 e. The predicted molar refractivity (Wildman–Crippen MR) is 113 cm³/mol. The predicted octanol–water partition coefficient (Wildman–Crippen LogP) is 6.74. The van der Waals surface area contributed by atoms with Gasteiger partial charge in [0.15, 0.2) is 0 Å². The Balaban J connectivity index is 1.74. The molecule has 2 nitrogen and oxygen atoms in total. The normalized spacial score (nSPS) is 22.8. The van der Waals surface area contributed by atoms with Crippen LogP contribution in [0.2, 0.25) is 0 Å². The maximum atomic E-state index is 14.6. The van der Waals surface area contributed by atoms with Crippen LogP contribution in [0.4, 0.5) is 4.39 Å². The first-order chi connectivity index (χ1) is 12.9. The van der Waals surface area contributed by atoms with E-state index >= 15 is 0 Å². The Bertz CT molecular complexity index is 781. The lowest BCUT2D eigenvalue weighted by atomic mass is 9.92. The topological polar surface area (TPSA) is 18.5 Å². The third kappa shape index (κ3) is 5.43. The minimum Gasteiger partial charge on any atom is -0.491 e. The standard InChI is InChI=1S/C22H27FO2S2/c1-15(2)25-16-6-5-7-18(12-16)27-22(3)10-11-24-21(14-22)19-9-8-17(26-4)13-20(19)23/h5-9,12-13,15,21H,10-11,14H2,1-4H3. The Hall–Kier alpha value is -1.17. The molecule has 1 aliphatic rings. The van der Waals surface area contributed by atoms with Crippen LogP contribution in [-0.2, 0) is 4.74 Å². The fraction of sp³-hybridized carbons (Fsp3) is 0.455. The molecule has 0 radical (unpaired) electrons. The van der Waals surface area contributed by atoms with Crippen LogP contribution in [0.3, 0.4) is 0 Å². The number of ether oxygens (including phenoxy) is 2. The van der Waals surface area contributed by atoms with Gasteiger partial charge >= 0.3 is 0 Å². The molecule has 0 saturated carbocycles. The zero-order valence-corrected chi connectivity index (χ0v) is 18.0. The van der Waals surface area contributed by atoms with Gasteiger partial charge in [-0.25, -0.2) is 4.39 Å². The summed E-state index contributed by atoms with van der Waals surface area (Å²) in [5.41, 5.74) is 0.663. The Morgan fingerprint density at radius 3 is 2.70 bits per heavy atom. The summed E-state index contributed by atoms with van der Waals surface area (Å²) >= 11 is 3.38. The van der Waals surface area contributed by atoms with Gasteiger partial charge in [0.1, 0.15) is 11.6 Å². The lowest BCUT2D eigenvalue weighted by molar-refractivity contribution is 0.000217. The summed E-state index contributed by atoms with van der Waals surface area (Å²) < 4.78 is 26.3. The molecule has 1 saturated heterocycles. The van der Waals surface area contributed by atoms with E-state index in [9.17, 15) is 4.39 Å². The Morgan fingerprint density at radius 2 is 2.00 bits per heavy atom. The molecule has 146 valence electrons. The average molecular weight is 407 g/mol. The molecule has 2 atom stereocenters. The fourth-order valence-corrected chi connectivity index (χ4v) is 5.06. The summed E-state index contributed by atoms with van der Waals surface area (Å²) in [6.07, 6.45) is 3.62. The first kappa shape index (κ1) is 20.6. The Kier molecular flexibility index (Phi) is 6.77. The fourth-order valence-electron chi connectivity index (χ4n) is 3.33.